The standard InChI is InChI=1S/C31H54N7O17P3S/c1-5-6-7-8-19(2)9-10-22(40)59-14-13-33-21(39)11-12-34-29(43)26(42)31(3,4)16-52-58(49,50)55-57(47,48)51-15-20-25(54-56(44,45)46)24(41)30(53-20)38-18-37-23-27(32)35-17-36-28(23)38/h17-20,24-26,30,41-42H,5-16H2,1-4H3,(H,33,39)(H,34,43)(H,47,48)(H,49,50)(H2,32,35,36)(H2,44,45,46). The molecule has 0 aliphatic carbocycles. The van der Waals surface area contributed by atoms with Crippen LogP contribution in [0.1, 0.15) is 78.9 Å². The Bertz CT molecular complexity index is 1870. The molecule has 1 aliphatic rings. The number of carbonyl (C=O) groups is 3. The lowest BCUT2D eigenvalue weighted by atomic mass is 9.87. The first-order chi connectivity index (χ1) is 27.4. The van der Waals surface area contributed by atoms with Crippen molar-refractivity contribution in [2.24, 2.45) is 11.3 Å². The second kappa shape index (κ2) is 22.6. The second-order valence-corrected chi connectivity index (χ2v) is 19.8. The highest BCUT2D eigenvalue weighted by Crippen LogP contribution is 2.61. The highest BCUT2D eigenvalue weighted by atomic mass is 32.2. The number of nitrogens with one attached hydrogen (secondary N) is 2. The number of rotatable bonds is 26. The van der Waals surface area contributed by atoms with Crippen LogP contribution in [-0.2, 0) is 50.7 Å². The molecule has 0 saturated carbocycles. The van der Waals surface area contributed by atoms with Crippen molar-refractivity contribution >= 4 is 69.1 Å². The van der Waals surface area contributed by atoms with Gasteiger partial charge in [-0.3, -0.25) is 32.5 Å². The number of hydrogen-bond donors (Lipinski definition) is 9. The minimum atomic E-state index is -5.57. The van der Waals surface area contributed by atoms with Crippen molar-refractivity contribution in [1.82, 2.24) is 30.2 Å². The van der Waals surface area contributed by atoms with Gasteiger partial charge in [-0.2, -0.15) is 4.31 Å². The van der Waals surface area contributed by atoms with Crippen molar-refractivity contribution in [1.29, 1.82) is 0 Å². The van der Waals surface area contributed by atoms with Gasteiger partial charge in [-0.1, -0.05) is 65.1 Å². The third kappa shape index (κ3) is 16.7. The van der Waals surface area contributed by atoms with Crippen molar-refractivity contribution < 1.29 is 80.5 Å². The summed E-state index contributed by atoms with van der Waals surface area (Å²) < 4.78 is 62.2. The van der Waals surface area contributed by atoms with E-state index in [1.807, 2.05) is 0 Å². The molecule has 3 rings (SSSR count). The molecule has 1 saturated heterocycles. The number of ether oxygens (including phenoxy) is 1. The quantitative estimate of drug-likeness (QED) is 0.0478. The Balaban J connectivity index is 1.43. The number of amides is 2. The molecule has 2 amide bonds. The van der Waals surface area contributed by atoms with Crippen LogP contribution < -0.4 is 16.4 Å². The maximum absolute atomic E-state index is 12.7. The predicted molar refractivity (Wildman–Crippen MR) is 210 cm³/mol. The number of unbranched alkanes of at least 4 members (excludes halogenated alkanes) is 2. The summed E-state index contributed by atoms with van der Waals surface area (Å²) >= 11 is 1.14. The monoisotopic (exact) mass is 921 g/mol. The lowest BCUT2D eigenvalue weighted by Gasteiger charge is -2.30. The first-order valence-electron chi connectivity index (χ1n) is 18.5. The maximum atomic E-state index is 12.7. The summed E-state index contributed by atoms with van der Waals surface area (Å²) in [4.78, 5) is 88.0. The number of aromatic nitrogens is 4. The molecule has 2 aromatic rings. The Morgan fingerprint density at radius 1 is 1.02 bits per heavy atom. The smallest absolute Gasteiger partial charge is 0.386 e. The molecule has 8 atom stereocenters. The maximum Gasteiger partial charge on any atom is 0.481 e. The number of phosphoric ester groups is 3. The Morgan fingerprint density at radius 2 is 1.71 bits per heavy atom. The minimum absolute atomic E-state index is 0.0325. The average Bonchev–Trinajstić information content (AvgIpc) is 3.70. The number of thioether (sulfide) groups is 1. The van der Waals surface area contributed by atoms with Crippen molar-refractivity contribution in [3.63, 3.8) is 0 Å². The molecule has 3 heterocycles. The summed E-state index contributed by atoms with van der Waals surface area (Å²) in [6.45, 7) is 4.83. The molecule has 24 nitrogen and oxygen atoms in total. The molecule has 28 heteroatoms. The van der Waals surface area contributed by atoms with Gasteiger partial charge in [-0.15, -0.1) is 0 Å². The molecule has 1 aliphatic heterocycles. The first-order valence-corrected chi connectivity index (χ1v) is 24.0. The van der Waals surface area contributed by atoms with Gasteiger partial charge in [0.1, 0.15) is 36.3 Å². The van der Waals surface area contributed by atoms with E-state index in [1.54, 1.807) is 0 Å². The van der Waals surface area contributed by atoms with Crippen LogP contribution >= 0.6 is 35.2 Å². The number of hydrogen-bond acceptors (Lipinski definition) is 18. The fourth-order valence-corrected chi connectivity index (χ4v) is 9.14. The van der Waals surface area contributed by atoms with E-state index in [4.69, 9.17) is 19.5 Å². The van der Waals surface area contributed by atoms with Gasteiger partial charge in [-0.25, -0.2) is 28.6 Å². The van der Waals surface area contributed by atoms with Gasteiger partial charge in [-0.05, 0) is 12.3 Å². The number of nitrogens with zero attached hydrogens (tertiary/aromatic N) is 4. The molecule has 8 unspecified atom stereocenters. The van der Waals surface area contributed by atoms with Crippen LogP contribution in [0.4, 0.5) is 5.82 Å². The van der Waals surface area contributed by atoms with Crippen LogP contribution in [-0.4, -0.2) is 123 Å². The average molecular weight is 922 g/mol. The first kappa shape index (κ1) is 50.9. The van der Waals surface area contributed by atoms with E-state index >= 15 is 0 Å². The topological polar surface area (TPSA) is 364 Å². The van der Waals surface area contributed by atoms with E-state index in [9.17, 15) is 57.9 Å². The zero-order chi connectivity index (χ0) is 44.2. The molecule has 0 bridgehead atoms. The van der Waals surface area contributed by atoms with E-state index in [-0.39, 0.29) is 41.6 Å². The molecular weight excluding hydrogens is 867 g/mol. The van der Waals surface area contributed by atoms with Gasteiger partial charge in [0.2, 0.25) is 11.8 Å². The number of anilines is 1. The van der Waals surface area contributed by atoms with Gasteiger partial charge < -0.3 is 50.9 Å². The Kier molecular flexibility index (Phi) is 19.5. The summed E-state index contributed by atoms with van der Waals surface area (Å²) in [6, 6.07) is 0. The summed E-state index contributed by atoms with van der Waals surface area (Å²) in [6.07, 6.45) is -1.03. The van der Waals surface area contributed by atoms with E-state index in [0.717, 1.165) is 54.7 Å². The summed E-state index contributed by atoms with van der Waals surface area (Å²) in [5.41, 5.74) is 4.28. The van der Waals surface area contributed by atoms with Crippen molar-refractivity contribution in [3.05, 3.63) is 12.7 Å². The number of aliphatic hydroxyl groups is 2. The highest BCUT2D eigenvalue weighted by molar-refractivity contribution is 8.13. The molecule has 1 fully saturated rings. The van der Waals surface area contributed by atoms with E-state index < -0.39 is 84.6 Å². The molecular formula is C31H54N7O17P3S. The van der Waals surface area contributed by atoms with E-state index in [1.165, 1.54) is 20.3 Å². The number of phosphoric acid groups is 3. The van der Waals surface area contributed by atoms with Gasteiger partial charge >= 0.3 is 23.5 Å². The SMILES string of the molecule is CCCCCC(C)CCC(=O)SCCNC(=O)CCNC(=O)C(O)C(C)(C)COP(=O)(O)OP(=O)(O)OCC1OC(n2cnc3c(N)ncnc32)C(O)C1OP(=O)(O)O. The second-order valence-electron chi connectivity index (χ2n) is 14.4. The van der Waals surface area contributed by atoms with Crippen molar-refractivity contribution in [2.45, 2.75) is 103 Å². The number of aliphatic hydroxyl groups excluding tert-OH is 2. The number of imidazole rings is 1. The number of fused-ring (bicyclic) bond motifs is 1. The van der Waals surface area contributed by atoms with Crippen LogP contribution in [0.5, 0.6) is 0 Å². The zero-order valence-corrected chi connectivity index (χ0v) is 36.4. The van der Waals surface area contributed by atoms with E-state index in [2.05, 4.69) is 48.3 Å². The predicted octanol–water partition coefficient (Wildman–Crippen LogP) is 1.66. The third-order valence-electron chi connectivity index (χ3n) is 8.91. The molecule has 59 heavy (non-hydrogen) atoms. The lowest BCUT2D eigenvalue weighted by molar-refractivity contribution is -0.137. The summed E-state index contributed by atoms with van der Waals surface area (Å²) in [5, 5.41) is 26.5. The van der Waals surface area contributed by atoms with Crippen molar-refractivity contribution in [2.75, 3.05) is 37.8 Å². The highest BCUT2D eigenvalue weighted by Gasteiger charge is 2.50. The molecule has 10 N–H and O–H groups in total. The minimum Gasteiger partial charge on any atom is -0.386 e. The largest absolute Gasteiger partial charge is 0.481 e. The Labute approximate surface area is 344 Å². The third-order valence-corrected chi connectivity index (χ3v) is 12.9. The van der Waals surface area contributed by atoms with Crippen LogP contribution in [0.25, 0.3) is 11.2 Å². The van der Waals surface area contributed by atoms with Crippen LogP contribution in [0.15, 0.2) is 12.7 Å². The van der Waals surface area contributed by atoms with E-state index in [0.29, 0.717) is 18.1 Å². The molecule has 336 valence electrons. The zero-order valence-electron chi connectivity index (χ0n) is 32.9. The van der Waals surface area contributed by atoms with Gasteiger partial charge in [0.25, 0.3) is 0 Å². The van der Waals surface area contributed by atoms with Gasteiger partial charge in [0.05, 0.1) is 19.5 Å². The van der Waals surface area contributed by atoms with Gasteiger partial charge in [0.15, 0.2) is 22.8 Å². The molecule has 0 aromatic carbocycles. The summed E-state index contributed by atoms with van der Waals surface area (Å²) in [7, 11) is -16.4. The molecule has 0 spiro atoms. The summed E-state index contributed by atoms with van der Waals surface area (Å²) in [5.74, 6) is -0.565. The van der Waals surface area contributed by atoms with Gasteiger partial charge in [0, 0.05) is 37.1 Å². The Morgan fingerprint density at radius 3 is 2.39 bits per heavy atom. The number of nitrogens with two attached hydrogens (primary N) is 1. The lowest BCUT2D eigenvalue weighted by Crippen LogP contribution is -2.46. The van der Waals surface area contributed by atoms with Crippen LogP contribution in [0, 0.1) is 11.3 Å². The number of carbonyl (C=O) groups excluding carboxylic acids is 3. The number of nitrogen functional groups attached to an aromatic ring is 1. The fraction of sp³-hybridized carbons (Fsp3) is 0.742. The molecule has 2 aromatic heterocycles. The Hall–Kier alpha value is -2.44. The fourth-order valence-electron chi connectivity index (χ4n) is 5.62. The molecule has 0 radical (unpaired) electrons. The van der Waals surface area contributed by atoms with Crippen LogP contribution in [0.2, 0.25) is 0 Å². The normalized spacial score (nSPS) is 21.7. The van der Waals surface area contributed by atoms with Crippen molar-refractivity contribution in [3.8, 4) is 0 Å². The van der Waals surface area contributed by atoms with Crippen LogP contribution in [0.3, 0.4) is 0 Å².